The van der Waals surface area contributed by atoms with Gasteiger partial charge in [-0.2, -0.15) is 5.10 Å². The topological polar surface area (TPSA) is 73.5 Å². The minimum Gasteiger partial charge on any atom is -0.378 e. The molecule has 1 aliphatic carbocycles. The Morgan fingerprint density at radius 2 is 1.77 bits per heavy atom. The maximum Gasteiger partial charge on any atom is 0.251 e. The molecule has 7 rings (SSSR count). The molecule has 0 radical (unpaired) electrons. The molecule has 1 atom stereocenters. The number of hydrogen-bond donors (Lipinski definition) is 2. The van der Waals surface area contributed by atoms with Crippen molar-refractivity contribution in [3.63, 3.8) is 0 Å². The van der Waals surface area contributed by atoms with Crippen LogP contribution in [0.3, 0.4) is 0 Å². The van der Waals surface area contributed by atoms with Crippen LogP contribution < -0.4 is 10.2 Å². The second-order valence-electron chi connectivity index (χ2n) is 10.9. The first kappa shape index (κ1) is 24.3. The van der Waals surface area contributed by atoms with Gasteiger partial charge in [0.1, 0.15) is 5.82 Å². The van der Waals surface area contributed by atoms with Gasteiger partial charge >= 0.3 is 0 Å². The van der Waals surface area contributed by atoms with Crippen molar-refractivity contribution < 1.29 is 13.9 Å². The van der Waals surface area contributed by atoms with Crippen molar-refractivity contribution in [2.75, 3.05) is 44.3 Å². The number of rotatable bonds is 7. The third kappa shape index (κ3) is 4.79. The van der Waals surface area contributed by atoms with Gasteiger partial charge in [-0.3, -0.25) is 14.8 Å². The van der Waals surface area contributed by atoms with Crippen molar-refractivity contribution in [3.05, 3.63) is 83.7 Å². The van der Waals surface area contributed by atoms with Crippen LogP contribution in [0.1, 0.15) is 34.8 Å². The summed E-state index contributed by atoms with van der Waals surface area (Å²) in [6, 6.07) is 21.1. The molecule has 2 N–H and O–H groups in total. The fraction of sp³-hybridized carbons (Fsp3) is 0.355. The highest BCUT2D eigenvalue weighted by molar-refractivity contribution is 6.01. The minimum atomic E-state index is -0.324. The summed E-state index contributed by atoms with van der Waals surface area (Å²) in [4.78, 5) is 18.3. The number of aromatic nitrogens is 2. The Labute approximate surface area is 226 Å². The Kier molecular flexibility index (Phi) is 6.29. The van der Waals surface area contributed by atoms with E-state index in [-0.39, 0.29) is 23.7 Å². The number of hydrogen-bond acceptors (Lipinski definition) is 5. The van der Waals surface area contributed by atoms with E-state index in [9.17, 15) is 9.18 Å². The smallest absolute Gasteiger partial charge is 0.251 e. The van der Waals surface area contributed by atoms with Crippen molar-refractivity contribution in [1.82, 2.24) is 20.4 Å². The summed E-state index contributed by atoms with van der Waals surface area (Å²) in [6.45, 7) is 5.86. The first-order valence-corrected chi connectivity index (χ1v) is 13.8. The number of amides is 1. The highest BCUT2D eigenvalue weighted by atomic mass is 19.1. The molecule has 1 amide bonds. The van der Waals surface area contributed by atoms with E-state index in [1.54, 1.807) is 18.2 Å². The van der Waals surface area contributed by atoms with E-state index >= 15 is 0 Å². The molecule has 3 heterocycles. The summed E-state index contributed by atoms with van der Waals surface area (Å²) in [5.74, 6) is -0.208. The van der Waals surface area contributed by atoms with E-state index in [1.165, 1.54) is 11.8 Å². The molecule has 0 spiro atoms. The average Bonchev–Trinajstić information content (AvgIpc) is 3.70. The zero-order chi connectivity index (χ0) is 26.3. The Hall–Kier alpha value is -3.75. The Balaban J connectivity index is 1.08. The summed E-state index contributed by atoms with van der Waals surface area (Å²) in [7, 11) is 0. The summed E-state index contributed by atoms with van der Waals surface area (Å²) in [6.07, 6.45) is 1.98. The van der Waals surface area contributed by atoms with Gasteiger partial charge in [-0.25, -0.2) is 4.39 Å². The number of H-pyrrole nitrogens is 1. The van der Waals surface area contributed by atoms with Gasteiger partial charge in [0.25, 0.3) is 5.91 Å². The van der Waals surface area contributed by atoms with Crippen LogP contribution in [0, 0.1) is 11.7 Å². The number of halogens is 1. The largest absolute Gasteiger partial charge is 0.378 e. The number of aromatic amines is 1. The highest BCUT2D eigenvalue weighted by Gasteiger charge is 2.35. The fourth-order valence-electron chi connectivity index (χ4n) is 5.82. The number of fused-ring (bicyclic) bond motifs is 1. The summed E-state index contributed by atoms with van der Waals surface area (Å²) in [5.41, 5.74) is 4.98. The van der Waals surface area contributed by atoms with Crippen LogP contribution in [0.5, 0.6) is 0 Å². The molecule has 39 heavy (non-hydrogen) atoms. The second kappa shape index (κ2) is 10.1. The fourth-order valence-corrected chi connectivity index (χ4v) is 5.82. The second-order valence-corrected chi connectivity index (χ2v) is 10.9. The standard InChI is InChI=1S/C31H32FN5O2/c32-27-4-2-1-3-25(27)29(20-5-6-20)33-31(38)22-9-12-28-26(17-22)30(35-34-28)21-7-10-23(11-8-21)36-13-15-37(16-14-36)24-18-39-19-24/h1-4,7-12,17,20,24,29H,5-6,13-16,18-19H2,(H,33,38)(H,34,35). The molecule has 200 valence electrons. The van der Waals surface area contributed by atoms with E-state index < -0.39 is 0 Å². The number of benzene rings is 3. The Morgan fingerprint density at radius 1 is 1.00 bits per heavy atom. The molecule has 8 heteroatoms. The zero-order valence-corrected chi connectivity index (χ0v) is 21.8. The molecule has 7 nitrogen and oxygen atoms in total. The van der Waals surface area contributed by atoms with Crippen molar-refractivity contribution in [2.24, 2.45) is 5.92 Å². The molecule has 0 bridgehead atoms. The van der Waals surface area contributed by atoms with Gasteiger partial charge in [0, 0.05) is 53.9 Å². The average molecular weight is 526 g/mol. The molecular weight excluding hydrogens is 493 g/mol. The Morgan fingerprint density at radius 3 is 2.46 bits per heavy atom. The van der Waals surface area contributed by atoms with Gasteiger partial charge in [0.05, 0.1) is 36.5 Å². The SMILES string of the molecule is O=C(NC(c1ccccc1F)C1CC1)c1ccc2[nH]nc(-c3ccc(N4CCN(C5COC5)CC4)cc3)c2c1. The molecular formula is C31H32FN5O2. The zero-order valence-electron chi connectivity index (χ0n) is 21.8. The van der Waals surface area contributed by atoms with E-state index in [0.29, 0.717) is 17.2 Å². The van der Waals surface area contributed by atoms with Crippen LogP contribution in [0.2, 0.25) is 0 Å². The normalized spacial score (nSPS) is 19.2. The molecule has 3 aromatic carbocycles. The first-order chi connectivity index (χ1) is 19.1. The molecule has 3 fully saturated rings. The highest BCUT2D eigenvalue weighted by Crippen LogP contribution is 2.42. The molecule has 1 unspecified atom stereocenters. The lowest BCUT2D eigenvalue weighted by Gasteiger charge is -2.43. The summed E-state index contributed by atoms with van der Waals surface area (Å²) < 4.78 is 19.9. The summed E-state index contributed by atoms with van der Waals surface area (Å²) >= 11 is 0. The van der Waals surface area contributed by atoms with Crippen molar-refractivity contribution in [2.45, 2.75) is 24.9 Å². The van der Waals surface area contributed by atoms with E-state index in [1.807, 2.05) is 18.2 Å². The maximum atomic E-state index is 14.5. The van der Waals surface area contributed by atoms with Crippen LogP contribution in [0.4, 0.5) is 10.1 Å². The lowest BCUT2D eigenvalue weighted by atomic mass is 10.0. The number of ether oxygens (including phenoxy) is 1. The van der Waals surface area contributed by atoms with Crippen molar-refractivity contribution in [1.29, 1.82) is 0 Å². The molecule has 4 aromatic rings. The molecule has 1 aromatic heterocycles. The number of piperazine rings is 1. The lowest BCUT2D eigenvalue weighted by molar-refractivity contribution is -0.0660. The monoisotopic (exact) mass is 525 g/mol. The molecule has 2 saturated heterocycles. The number of nitrogens with zero attached hydrogens (tertiary/aromatic N) is 3. The van der Waals surface area contributed by atoms with E-state index in [0.717, 1.165) is 74.4 Å². The minimum absolute atomic E-state index is 0.202. The number of nitrogens with one attached hydrogen (secondary N) is 2. The van der Waals surface area contributed by atoms with Crippen LogP contribution in [0.15, 0.2) is 66.7 Å². The van der Waals surface area contributed by atoms with Gasteiger partial charge < -0.3 is 15.0 Å². The van der Waals surface area contributed by atoms with Crippen LogP contribution in [-0.4, -0.2) is 66.4 Å². The van der Waals surface area contributed by atoms with Gasteiger partial charge in [-0.15, -0.1) is 0 Å². The predicted molar refractivity (Wildman–Crippen MR) is 149 cm³/mol. The van der Waals surface area contributed by atoms with Gasteiger partial charge in [-0.05, 0) is 55.2 Å². The number of anilines is 1. The first-order valence-electron chi connectivity index (χ1n) is 13.8. The van der Waals surface area contributed by atoms with Crippen LogP contribution >= 0.6 is 0 Å². The van der Waals surface area contributed by atoms with Gasteiger partial charge in [0.2, 0.25) is 0 Å². The van der Waals surface area contributed by atoms with Crippen LogP contribution in [-0.2, 0) is 4.74 Å². The summed E-state index contributed by atoms with van der Waals surface area (Å²) in [5, 5.41) is 11.7. The van der Waals surface area contributed by atoms with E-state index in [2.05, 4.69) is 49.6 Å². The maximum absolute atomic E-state index is 14.5. The number of carbonyl (C=O) groups is 1. The third-order valence-electron chi connectivity index (χ3n) is 8.40. The van der Waals surface area contributed by atoms with Crippen LogP contribution in [0.25, 0.3) is 22.2 Å². The molecule has 1 saturated carbocycles. The van der Waals surface area contributed by atoms with Gasteiger partial charge in [0.15, 0.2) is 0 Å². The number of carbonyl (C=O) groups excluding carboxylic acids is 1. The predicted octanol–water partition coefficient (Wildman–Crippen LogP) is 4.77. The lowest BCUT2D eigenvalue weighted by Crippen LogP contribution is -2.56. The van der Waals surface area contributed by atoms with Gasteiger partial charge in [-0.1, -0.05) is 30.3 Å². The molecule has 2 aliphatic heterocycles. The van der Waals surface area contributed by atoms with E-state index in [4.69, 9.17) is 4.74 Å². The third-order valence-corrected chi connectivity index (χ3v) is 8.40. The van der Waals surface area contributed by atoms with Crippen molar-refractivity contribution >= 4 is 22.5 Å². The Bertz CT molecular complexity index is 1490. The quantitative estimate of drug-likeness (QED) is 0.364. The molecule has 3 aliphatic rings. The van der Waals surface area contributed by atoms with Crippen molar-refractivity contribution in [3.8, 4) is 11.3 Å².